The first kappa shape index (κ1) is 11.5. The van der Waals surface area contributed by atoms with Crippen LogP contribution in [-0.2, 0) is 9.53 Å². The number of methoxy groups -OCH3 is 1. The van der Waals surface area contributed by atoms with E-state index in [-0.39, 0.29) is 11.9 Å². The van der Waals surface area contributed by atoms with Crippen molar-refractivity contribution in [1.82, 2.24) is 4.90 Å². The van der Waals surface area contributed by atoms with Crippen LogP contribution in [0.4, 0.5) is 0 Å². The number of hydrogen-bond acceptors (Lipinski definition) is 3. The van der Waals surface area contributed by atoms with E-state index in [9.17, 15) is 4.79 Å². The SMILES string of the molecule is COC1CCN(C(=O)[C@@H](C)N)C(C)C1. The number of rotatable bonds is 2. The van der Waals surface area contributed by atoms with Crippen molar-refractivity contribution in [2.75, 3.05) is 13.7 Å². The Hall–Kier alpha value is -0.610. The molecule has 0 aromatic rings. The summed E-state index contributed by atoms with van der Waals surface area (Å²) in [7, 11) is 1.72. The van der Waals surface area contributed by atoms with Gasteiger partial charge in [-0.1, -0.05) is 0 Å². The zero-order chi connectivity index (χ0) is 10.7. The molecule has 0 aromatic heterocycles. The molecule has 3 atom stereocenters. The highest BCUT2D eigenvalue weighted by Gasteiger charge is 2.29. The lowest BCUT2D eigenvalue weighted by Crippen LogP contribution is -2.51. The van der Waals surface area contributed by atoms with E-state index in [1.165, 1.54) is 0 Å². The van der Waals surface area contributed by atoms with Crippen LogP contribution >= 0.6 is 0 Å². The monoisotopic (exact) mass is 200 g/mol. The van der Waals surface area contributed by atoms with Crippen LogP contribution in [0.25, 0.3) is 0 Å². The van der Waals surface area contributed by atoms with Gasteiger partial charge in [-0.05, 0) is 26.7 Å². The van der Waals surface area contributed by atoms with Crippen molar-refractivity contribution in [2.24, 2.45) is 5.73 Å². The van der Waals surface area contributed by atoms with Gasteiger partial charge in [-0.15, -0.1) is 0 Å². The van der Waals surface area contributed by atoms with Gasteiger partial charge in [0.1, 0.15) is 0 Å². The van der Waals surface area contributed by atoms with Crippen molar-refractivity contribution >= 4 is 5.91 Å². The van der Waals surface area contributed by atoms with Crippen molar-refractivity contribution in [3.63, 3.8) is 0 Å². The zero-order valence-electron chi connectivity index (χ0n) is 9.19. The average molecular weight is 200 g/mol. The minimum absolute atomic E-state index is 0.0482. The van der Waals surface area contributed by atoms with Crippen molar-refractivity contribution in [3.8, 4) is 0 Å². The van der Waals surface area contributed by atoms with Gasteiger partial charge >= 0.3 is 0 Å². The number of nitrogens with two attached hydrogens (primary N) is 1. The van der Waals surface area contributed by atoms with Gasteiger partial charge in [0.25, 0.3) is 0 Å². The van der Waals surface area contributed by atoms with Crippen LogP contribution in [-0.4, -0.2) is 42.6 Å². The molecule has 1 saturated heterocycles. The van der Waals surface area contributed by atoms with Gasteiger partial charge in [0.2, 0.25) is 5.91 Å². The van der Waals surface area contributed by atoms with Crippen LogP contribution in [0.2, 0.25) is 0 Å². The summed E-state index contributed by atoms with van der Waals surface area (Å²) >= 11 is 0. The van der Waals surface area contributed by atoms with Gasteiger partial charge in [0.05, 0.1) is 12.1 Å². The Balaban J connectivity index is 2.53. The topological polar surface area (TPSA) is 55.6 Å². The normalized spacial score (nSPS) is 30.1. The highest BCUT2D eigenvalue weighted by Crippen LogP contribution is 2.19. The largest absolute Gasteiger partial charge is 0.381 e. The predicted octanol–water partition coefficient (Wildman–Crippen LogP) is 0.360. The summed E-state index contributed by atoms with van der Waals surface area (Å²) in [5, 5.41) is 0. The average Bonchev–Trinajstić information content (AvgIpc) is 2.16. The molecule has 0 bridgehead atoms. The quantitative estimate of drug-likeness (QED) is 0.700. The minimum Gasteiger partial charge on any atom is -0.381 e. The predicted molar refractivity (Wildman–Crippen MR) is 54.9 cm³/mol. The fourth-order valence-electron chi connectivity index (χ4n) is 1.93. The molecule has 0 aromatic carbocycles. The van der Waals surface area contributed by atoms with Crippen LogP contribution in [0.5, 0.6) is 0 Å². The fraction of sp³-hybridized carbons (Fsp3) is 0.900. The number of carbonyl (C=O) groups excluding carboxylic acids is 1. The lowest BCUT2D eigenvalue weighted by Gasteiger charge is -2.37. The Morgan fingerprint density at radius 3 is 2.71 bits per heavy atom. The van der Waals surface area contributed by atoms with Gasteiger partial charge in [-0.2, -0.15) is 0 Å². The summed E-state index contributed by atoms with van der Waals surface area (Å²) in [5.74, 6) is 0.0482. The molecule has 82 valence electrons. The molecule has 1 aliphatic rings. The number of hydrogen-bond donors (Lipinski definition) is 1. The molecule has 1 heterocycles. The first-order chi connectivity index (χ1) is 6.56. The molecule has 0 saturated carbocycles. The van der Waals surface area contributed by atoms with Crippen molar-refractivity contribution in [3.05, 3.63) is 0 Å². The van der Waals surface area contributed by atoms with Crippen LogP contribution in [0, 0.1) is 0 Å². The zero-order valence-corrected chi connectivity index (χ0v) is 9.19. The molecule has 4 nitrogen and oxygen atoms in total. The number of carbonyl (C=O) groups is 1. The van der Waals surface area contributed by atoms with Crippen molar-refractivity contribution < 1.29 is 9.53 Å². The summed E-state index contributed by atoms with van der Waals surface area (Å²) in [5.41, 5.74) is 5.57. The van der Waals surface area contributed by atoms with E-state index in [0.29, 0.717) is 6.10 Å². The molecule has 0 aliphatic carbocycles. The highest BCUT2D eigenvalue weighted by atomic mass is 16.5. The minimum atomic E-state index is -0.392. The Labute approximate surface area is 85.4 Å². The van der Waals surface area contributed by atoms with Gasteiger partial charge < -0.3 is 15.4 Å². The van der Waals surface area contributed by atoms with Gasteiger partial charge in [-0.3, -0.25) is 4.79 Å². The Morgan fingerprint density at radius 1 is 1.64 bits per heavy atom. The molecular weight excluding hydrogens is 180 g/mol. The maximum atomic E-state index is 11.7. The number of piperidine rings is 1. The van der Waals surface area contributed by atoms with E-state index in [2.05, 4.69) is 0 Å². The molecule has 0 spiro atoms. The molecule has 1 aliphatic heterocycles. The Morgan fingerprint density at radius 2 is 2.29 bits per heavy atom. The summed E-state index contributed by atoms with van der Waals surface area (Å²) in [4.78, 5) is 13.5. The molecule has 1 fully saturated rings. The van der Waals surface area contributed by atoms with E-state index in [4.69, 9.17) is 10.5 Å². The second kappa shape index (κ2) is 4.75. The Bertz CT molecular complexity index is 206. The molecule has 4 heteroatoms. The first-order valence-electron chi connectivity index (χ1n) is 5.15. The maximum absolute atomic E-state index is 11.7. The molecule has 2 N–H and O–H groups in total. The molecule has 0 radical (unpaired) electrons. The maximum Gasteiger partial charge on any atom is 0.239 e. The van der Waals surface area contributed by atoms with E-state index in [1.807, 2.05) is 11.8 Å². The standard InChI is InChI=1S/C10H20N2O2/c1-7-6-9(14-3)4-5-12(7)10(13)8(2)11/h7-9H,4-6,11H2,1-3H3/t7?,8-,9?/m1/s1. The lowest BCUT2D eigenvalue weighted by atomic mass is 10.00. The van der Waals surface area contributed by atoms with Crippen molar-refractivity contribution in [2.45, 2.75) is 44.9 Å². The Kier molecular flexibility index (Phi) is 3.89. The van der Waals surface area contributed by atoms with E-state index in [1.54, 1.807) is 14.0 Å². The second-order valence-electron chi connectivity index (χ2n) is 4.05. The highest BCUT2D eigenvalue weighted by molar-refractivity contribution is 5.81. The summed E-state index contributed by atoms with van der Waals surface area (Å²) in [6.45, 7) is 4.54. The van der Waals surface area contributed by atoms with E-state index in [0.717, 1.165) is 19.4 Å². The van der Waals surface area contributed by atoms with Crippen LogP contribution in [0.15, 0.2) is 0 Å². The van der Waals surface area contributed by atoms with Crippen LogP contribution in [0.3, 0.4) is 0 Å². The number of nitrogens with zero attached hydrogens (tertiary/aromatic N) is 1. The summed E-state index contributed by atoms with van der Waals surface area (Å²) in [6.07, 6.45) is 2.12. The summed E-state index contributed by atoms with van der Waals surface area (Å²) < 4.78 is 5.28. The third kappa shape index (κ3) is 2.45. The molecular formula is C10H20N2O2. The summed E-state index contributed by atoms with van der Waals surface area (Å²) in [6, 6.07) is -0.149. The smallest absolute Gasteiger partial charge is 0.239 e. The number of ether oxygens (including phenoxy) is 1. The molecule has 2 unspecified atom stereocenters. The number of amides is 1. The second-order valence-corrected chi connectivity index (χ2v) is 4.05. The van der Waals surface area contributed by atoms with Gasteiger partial charge in [0, 0.05) is 19.7 Å². The lowest BCUT2D eigenvalue weighted by molar-refractivity contribution is -0.137. The fourth-order valence-corrected chi connectivity index (χ4v) is 1.93. The van der Waals surface area contributed by atoms with Crippen LogP contribution < -0.4 is 5.73 Å². The third-order valence-corrected chi connectivity index (χ3v) is 2.83. The van der Waals surface area contributed by atoms with Crippen molar-refractivity contribution in [1.29, 1.82) is 0 Å². The molecule has 1 rings (SSSR count). The third-order valence-electron chi connectivity index (χ3n) is 2.83. The number of likely N-dealkylation sites (tertiary alicyclic amines) is 1. The molecule has 14 heavy (non-hydrogen) atoms. The van der Waals surface area contributed by atoms with Gasteiger partial charge in [-0.25, -0.2) is 0 Å². The van der Waals surface area contributed by atoms with Crippen LogP contribution in [0.1, 0.15) is 26.7 Å². The van der Waals surface area contributed by atoms with Gasteiger partial charge in [0.15, 0.2) is 0 Å². The van der Waals surface area contributed by atoms with E-state index < -0.39 is 6.04 Å². The molecule has 1 amide bonds. The van der Waals surface area contributed by atoms with E-state index >= 15 is 0 Å². The first-order valence-corrected chi connectivity index (χ1v) is 5.15.